The van der Waals surface area contributed by atoms with E-state index in [1.165, 1.54) is 32.4 Å². The molecule has 0 saturated carbocycles. The molecule has 0 amide bonds. The third kappa shape index (κ3) is 6.37. The molecule has 0 radical (unpaired) electrons. The van der Waals surface area contributed by atoms with Gasteiger partial charge in [-0.2, -0.15) is 18.4 Å². The van der Waals surface area contributed by atoms with Gasteiger partial charge in [-0.05, 0) is 65.5 Å². The van der Waals surface area contributed by atoms with Crippen LogP contribution in [0.3, 0.4) is 0 Å². The first-order valence-corrected chi connectivity index (χ1v) is 17.1. The van der Waals surface area contributed by atoms with E-state index >= 15 is 0 Å². The Hall–Kier alpha value is -4.44. The van der Waals surface area contributed by atoms with E-state index in [1.54, 1.807) is 23.6 Å². The molecular formula is C32H35F3N4O5Si. The number of nitriles is 1. The van der Waals surface area contributed by atoms with E-state index in [0.29, 0.717) is 16.7 Å². The number of halogens is 3. The number of carbonyl (C=O) groups is 2. The van der Waals surface area contributed by atoms with E-state index < -0.39 is 44.0 Å². The summed E-state index contributed by atoms with van der Waals surface area (Å²) in [5.41, 5.74) is 1.01. The van der Waals surface area contributed by atoms with Gasteiger partial charge in [-0.3, -0.25) is 9.36 Å². The summed E-state index contributed by atoms with van der Waals surface area (Å²) in [5.74, 6) is -2.00. The molecule has 0 N–H and O–H groups in total. The molecule has 0 saturated heterocycles. The molecule has 9 nitrogen and oxygen atoms in total. The minimum absolute atomic E-state index is 0.0702. The molecule has 13 heteroatoms. The molecule has 1 aliphatic heterocycles. The molecule has 2 heterocycles. The van der Waals surface area contributed by atoms with Crippen LogP contribution in [0.15, 0.2) is 53.6 Å². The van der Waals surface area contributed by atoms with Crippen molar-refractivity contribution in [1.29, 1.82) is 5.26 Å². The van der Waals surface area contributed by atoms with Gasteiger partial charge < -0.3 is 13.9 Å². The number of benzene rings is 2. The molecule has 2 unspecified atom stereocenters. The van der Waals surface area contributed by atoms with Crippen LogP contribution in [0.25, 0.3) is 0 Å². The summed E-state index contributed by atoms with van der Waals surface area (Å²) in [5, 5.41) is 18.2. The lowest BCUT2D eigenvalue weighted by Gasteiger charge is -2.38. The maximum Gasteiger partial charge on any atom is 0.416 e. The van der Waals surface area contributed by atoms with Crippen LogP contribution in [-0.4, -0.2) is 49.2 Å². The van der Waals surface area contributed by atoms with E-state index in [9.17, 15) is 28.0 Å². The molecule has 0 bridgehead atoms. The third-order valence-corrected chi connectivity index (χ3v) is 12.9. The van der Waals surface area contributed by atoms with Gasteiger partial charge in [0.05, 0.1) is 55.4 Å². The predicted molar refractivity (Wildman–Crippen MR) is 161 cm³/mol. The molecule has 1 aromatic heterocycles. The molecule has 0 aliphatic carbocycles. The van der Waals surface area contributed by atoms with Gasteiger partial charge in [-0.25, -0.2) is 4.79 Å². The van der Waals surface area contributed by atoms with E-state index in [4.69, 9.17) is 13.9 Å². The summed E-state index contributed by atoms with van der Waals surface area (Å²) in [6.07, 6.45) is -4.83. The quantitative estimate of drug-likeness (QED) is 0.213. The van der Waals surface area contributed by atoms with Crippen LogP contribution in [0.4, 0.5) is 13.2 Å². The number of aromatic nitrogens is 3. The van der Waals surface area contributed by atoms with Crippen LogP contribution in [0.5, 0.6) is 6.01 Å². The summed E-state index contributed by atoms with van der Waals surface area (Å²) in [4.78, 5) is 26.2. The van der Waals surface area contributed by atoms with Gasteiger partial charge in [0.25, 0.3) is 8.32 Å². The van der Waals surface area contributed by atoms with Crippen LogP contribution < -0.4 is 4.43 Å². The smallest absolute Gasteiger partial charge is 0.416 e. The summed E-state index contributed by atoms with van der Waals surface area (Å²) in [6, 6.07) is 10.7. The molecule has 238 valence electrons. The second-order valence-corrected chi connectivity index (χ2v) is 17.1. The van der Waals surface area contributed by atoms with Crippen molar-refractivity contribution in [2.75, 3.05) is 14.2 Å². The topological polar surface area (TPSA) is 116 Å². The second-order valence-electron chi connectivity index (χ2n) is 12.4. The normalized spacial score (nSPS) is 16.9. The molecule has 0 spiro atoms. The Morgan fingerprint density at radius 1 is 1.04 bits per heavy atom. The lowest BCUT2D eigenvalue weighted by molar-refractivity contribution is -0.140. The van der Waals surface area contributed by atoms with Crippen molar-refractivity contribution >= 4 is 20.3 Å². The Bertz CT molecular complexity index is 1720. The number of hydrogen-bond donors (Lipinski definition) is 0. The highest BCUT2D eigenvalue weighted by atomic mass is 28.4. The van der Waals surface area contributed by atoms with Crippen LogP contribution in [-0.2, 0) is 31.7 Å². The summed E-state index contributed by atoms with van der Waals surface area (Å²) < 4.78 is 59.8. The monoisotopic (exact) mass is 640 g/mol. The number of methoxy groups -OCH3 is 2. The lowest BCUT2D eigenvalue weighted by atomic mass is 9.79. The Morgan fingerprint density at radius 2 is 1.73 bits per heavy atom. The Balaban J connectivity index is 2.11. The minimum atomic E-state index is -4.61. The van der Waals surface area contributed by atoms with Crippen molar-refractivity contribution in [2.24, 2.45) is 0 Å². The van der Waals surface area contributed by atoms with Crippen molar-refractivity contribution in [3.05, 3.63) is 87.3 Å². The Kier molecular flexibility index (Phi) is 9.04. The molecule has 2 atom stereocenters. The van der Waals surface area contributed by atoms with Gasteiger partial charge in [0.1, 0.15) is 5.82 Å². The fraction of sp³-hybridized carbons (Fsp3) is 0.406. The number of carbonyl (C=O) groups excluding carboxylic acids is 2. The molecule has 4 rings (SSSR count). The first-order valence-electron chi connectivity index (χ1n) is 14.1. The number of esters is 2. The van der Waals surface area contributed by atoms with Crippen molar-refractivity contribution in [3.63, 3.8) is 0 Å². The first-order chi connectivity index (χ1) is 20.9. The number of hydrogen-bond acceptors (Lipinski definition) is 8. The minimum Gasteiger partial charge on any atom is -0.517 e. The van der Waals surface area contributed by atoms with Crippen LogP contribution >= 0.6 is 0 Å². The van der Waals surface area contributed by atoms with Crippen LogP contribution in [0.1, 0.15) is 73.3 Å². The molecule has 3 aromatic rings. The maximum absolute atomic E-state index is 13.8. The number of rotatable bonds is 7. The molecule has 1 aliphatic rings. The zero-order chi connectivity index (χ0) is 33.5. The zero-order valence-electron chi connectivity index (χ0n) is 26.4. The van der Waals surface area contributed by atoms with Gasteiger partial charge >= 0.3 is 24.1 Å². The number of fused-ring (bicyclic) bond motifs is 1. The van der Waals surface area contributed by atoms with Gasteiger partial charge in [0.15, 0.2) is 0 Å². The third-order valence-electron chi connectivity index (χ3n) is 8.57. The second kappa shape index (κ2) is 12.2. The van der Waals surface area contributed by atoms with Crippen molar-refractivity contribution in [3.8, 4) is 12.1 Å². The molecule has 45 heavy (non-hydrogen) atoms. The molecule has 0 fully saturated rings. The number of ether oxygens (including phenoxy) is 2. The van der Waals surface area contributed by atoms with Gasteiger partial charge in [0.2, 0.25) is 0 Å². The predicted octanol–water partition coefficient (Wildman–Crippen LogP) is 6.49. The number of allylic oxidation sites excluding steroid dienone is 1. The lowest BCUT2D eigenvalue weighted by Crippen LogP contribution is -2.45. The van der Waals surface area contributed by atoms with E-state index in [-0.39, 0.29) is 40.0 Å². The van der Waals surface area contributed by atoms with Crippen LogP contribution in [0.2, 0.25) is 18.1 Å². The highest BCUT2D eigenvalue weighted by molar-refractivity contribution is 6.74. The highest BCUT2D eigenvalue weighted by Gasteiger charge is 2.46. The summed E-state index contributed by atoms with van der Waals surface area (Å²) >= 11 is 0. The first kappa shape index (κ1) is 33.4. The van der Waals surface area contributed by atoms with Crippen molar-refractivity contribution in [1.82, 2.24) is 14.8 Å². The van der Waals surface area contributed by atoms with Gasteiger partial charge in [0, 0.05) is 0 Å². The van der Waals surface area contributed by atoms with Gasteiger partial charge in [-0.15, -0.1) is 5.10 Å². The molecule has 2 aromatic carbocycles. The largest absolute Gasteiger partial charge is 0.517 e. The number of alkyl halides is 3. The van der Waals surface area contributed by atoms with E-state index in [0.717, 1.165) is 12.1 Å². The summed E-state index contributed by atoms with van der Waals surface area (Å²) in [6.45, 7) is 11.8. The maximum atomic E-state index is 13.8. The fourth-order valence-corrected chi connectivity index (χ4v) is 6.07. The fourth-order valence-electron chi connectivity index (χ4n) is 5.17. The van der Waals surface area contributed by atoms with Crippen LogP contribution in [0, 0.1) is 11.3 Å². The Labute approximate surface area is 260 Å². The average molecular weight is 641 g/mol. The average Bonchev–Trinajstić information content (AvgIpc) is 3.37. The summed E-state index contributed by atoms with van der Waals surface area (Å²) in [7, 11) is -0.141. The van der Waals surface area contributed by atoms with Crippen molar-refractivity contribution in [2.45, 2.75) is 70.4 Å². The zero-order valence-corrected chi connectivity index (χ0v) is 27.4. The Morgan fingerprint density at radius 3 is 2.31 bits per heavy atom. The molecular weight excluding hydrogens is 605 g/mol. The highest BCUT2D eigenvalue weighted by Crippen LogP contribution is 2.48. The van der Waals surface area contributed by atoms with Crippen molar-refractivity contribution < 1.29 is 36.7 Å². The standard InChI is InChI=1S/C32H35F3N4O5Si/c1-18-25(20-10-9-11-22(15-20)32(33,34)35)28-37-38-30(44-45(7,8)31(2,3)4)39(28)27(26(18)29(41)43-6)23-13-12-19(17-36)14-21(23)16-24(40)42-5/h9-15,25,27H,16H2,1-8H3. The number of nitrogens with zero attached hydrogens (tertiary/aromatic N) is 4. The van der Waals surface area contributed by atoms with E-state index in [1.807, 2.05) is 33.9 Å². The van der Waals surface area contributed by atoms with E-state index in [2.05, 4.69) is 16.3 Å². The van der Waals surface area contributed by atoms with Gasteiger partial charge in [-0.1, -0.05) is 50.1 Å². The SMILES string of the molecule is COC(=O)Cc1cc(C#N)ccc1C1C(C(=O)OC)=C(C)C(c2cccc(C(F)(F)F)c2)c2nnc(O[Si](C)(C)C(C)(C)C)n21.